The largest absolute Gasteiger partial charge is 0.473 e. The lowest BCUT2D eigenvalue weighted by molar-refractivity contribution is 0.0686. The summed E-state index contributed by atoms with van der Waals surface area (Å²) in [5.74, 6) is 1.32. The molecule has 3 heterocycles. The van der Waals surface area contributed by atoms with Gasteiger partial charge in [0.2, 0.25) is 0 Å². The molecule has 28 heavy (non-hydrogen) atoms. The number of benzene rings is 1. The Balaban J connectivity index is 1.83. The minimum atomic E-state index is -1.34. The molecule has 0 bridgehead atoms. The fourth-order valence-corrected chi connectivity index (χ4v) is 4.01. The van der Waals surface area contributed by atoms with Crippen LogP contribution in [-0.4, -0.2) is 57.0 Å². The Morgan fingerprint density at radius 3 is 2.82 bits per heavy atom. The van der Waals surface area contributed by atoms with E-state index < -0.39 is 15.7 Å². The Bertz CT molecular complexity index is 984. The standard InChI is InChI=1S/C20H26N4O3S/c1-12-8-15(13(2)23-28(25)20(3,4)5)17-16(9-12)21-18-19(22-17)27-11-14-10-26-7-6-24(14)18/h8-9,14H,6-7,10-11H2,1-5H3/b23-13+/t14-,28+/m0/s1. The Labute approximate surface area is 167 Å². The zero-order valence-corrected chi connectivity index (χ0v) is 17.8. The van der Waals surface area contributed by atoms with Crippen molar-refractivity contribution >= 4 is 33.5 Å². The molecule has 0 N–H and O–H groups in total. The van der Waals surface area contributed by atoms with Gasteiger partial charge in [0.25, 0.3) is 5.88 Å². The van der Waals surface area contributed by atoms with Gasteiger partial charge in [-0.25, -0.2) is 14.2 Å². The average Bonchev–Trinajstić information content (AvgIpc) is 2.65. The molecule has 0 saturated carbocycles. The molecule has 0 amide bonds. The van der Waals surface area contributed by atoms with Crippen LogP contribution in [0.15, 0.2) is 16.5 Å². The molecule has 8 heteroatoms. The fraction of sp³-hybridized carbons (Fsp3) is 0.550. The molecule has 2 aliphatic rings. The first-order valence-electron chi connectivity index (χ1n) is 9.51. The van der Waals surface area contributed by atoms with Crippen LogP contribution in [0.1, 0.15) is 38.8 Å². The molecule has 2 aliphatic heterocycles. The van der Waals surface area contributed by atoms with Crippen molar-refractivity contribution in [3.8, 4) is 5.88 Å². The molecule has 2 atom stereocenters. The van der Waals surface area contributed by atoms with E-state index in [4.69, 9.17) is 19.4 Å². The number of hydrogen-bond acceptors (Lipinski definition) is 6. The van der Waals surface area contributed by atoms with Crippen molar-refractivity contribution in [1.29, 1.82) is 0 Å². The summed E-state index contributed by atoms with van der Waals surface area (Å²) < 4.78 is 28.0. The highest BCUT2D eigenvalue weighted by molar-refractivity contribution is 7.85. The molecule has 2 aromatic rings. The molecule has 150 valence electrons. The van der Waals surface area contributed by atoms with Crippen LogP contribution in [0.3, 0.4) is 0 Å². The van der Waals surface area contributed by atoms with Gasteiger partial charge in [0.15, 0.2) is 5.82 Å². The number of rotatable bonds is 2. The van der Waals surface area contributed by atoms with Gasteiger partial charge in [-0.15, -0.1) is 0 Å². The molecule has 0 radical (unpaired) electrons. The molecule has 0 spiro atoms. The quantitative estimate of drug-likeness (QED) is 0.719. The molecule has 7 nitrogen and oxygen atoms in total. The number of morpholine rings is 1. The highest BCUT2D eigenvalue weighted by Gasteiger charge is 2.33. The van der Waals surface area contributed by atoms with E-state index in [1.165, 1.54) is 0 Å². The zero-order chi connectivity index (χ0) is 20.1. The minimum absolute atomic E-state index is 0.176. The second-order valence-corrected chi connectivity index (χ2v) is 10.2. The number of fused-ring (bicyclic) bond motifs is 4. The smallest absolute Gasteiger partial charge is 0.258 e. The summed E-state index contributed by atoms with van der Waals surface area (Å²) in [6, 6.07) is 4.21. The maximum absolute atomic E-state index is 12.5. The number of aryl methyl sites for hydroxylation is 1. The van der Waals surface area contributed by atoms with E-state index >= 15 is 0 Å². The third-order valence-corrected chi connectivity index (χ3v) is 6.40. The molecule has 1 fully saturated rings. The number of nitrogens with zero attached hydrogens (tertiary/aromatic N) is 4. The van der Waals surface area contributed by atoms with Crippen LogP contribution in [0.25, 0.3) is 11.0 Å². The van der Waals surface area contributed by atoms with E-state index in [0.717, 1.165) is 34.5 Å². The van der Waals surface area contributed by atoms with Crippen LogP contribution in [0.5, 0.6) is 5.88 Å². The van der Waals surface area contributed by atoms with Gasteiger partial charge in [0, 0.05) is 12.1 Å². The van der Waals surface area contributed by atoms with Crippen LogP contribution in [-0.2, 0) is 15.7 Å². The third kappa shape index (κ3) is 3.51. The van der Waals surface area contributed by atoms with Crippen LogP contribution in [0, 0.1) is 6.92 Å². The van der Waals surface area contributed by atoms with Crippen molar-refractivity contribution in [3.63, 3.8) is 0 Å². The van der Waals surface area contributed by atoms with Crippen LogP contribution < -0.4 is 9.64 Å². The maximum atomic E-state index is 12.5. The van der Waals surface area contributed by atoms with Gasteiger partial charge in [-0.2, -0.15) is 4.40 Å². The Morgan fingerprint density at radius 1 is 1.29 bits per heavy atom. The van der Waals surface area contributed by atoms with Gasteiger partial charge >= 0.3 is 0 Å². The van der Waals surface area contributed by atoms with Crippen LogP contribution in [0.4, 0.5) is 5.82 Å². The van der Waals surface area contributed by atoms with Crippen molar-refractivity contribution in [2.45, 2.75) is 45.4 Å². The monoisotopic (exact) mass is 402 g/mol. The van der Waals surface area contributed by atoms with Crippen LogP contribution >= 0.6 is 0 Å². The topological polar surface area (TPSA) is 76.9 Å². The van der Waals surface area contributed by atoms with Gasteiger partial charge in [-0.3, -0.25) is 0 Å². The van der Waals surface area contributed by atoms with E-state index in [-0.39, 0.29) is 6.04 Å². The second-order valence-electron chi connectivity index (χ2n) is 8.30. The molecule has 4 rings (SSSR count). The van der Waals surface area contributed by atoms with E-state index in [0.29, 0.717) is 31.4 Å². The van der Waals surface area contributed by atoms with Gasteiger partial charge in [-0.05, 0) is 52.3 Å². The normalized spacial score (nSPS) is 21.1. The van der Waals surface area contributed by atoms with Crippen molar-refractivity contribution in [2.75, 3.05) is 31.3 Å². The first kappa shape index (κ1) is 19.3. The van der Waals surface area contributed by atoms with Gasteiger partial charge in [0.05, 0.1) is 35.2 Å². The van der Waals surface area contributed by atoms with Gasteiger partial charge in [0.1, 0.15) is 23.1 Å². The highest BCUT2D eigenvalue weighted by atomic mass is 32.2. The van der Waals surface area contributed by atoms with Gasteiger partial charge < -0.3 is 14.4 Å². The molecule has 0 aliphatic carbocycles. The Hall–Kier alpha value is -2.06. The summed E-state index contributed by atoms with van der Waals surface area (Å²) in [6.45, 7) is 12.3. The summed E-state index contributed by atoms with van der Waals surface area (Å²) in [4.78, 5) is 11.9. The highest BCUT2D eigenvalue weighted by Crippen LogP contribution is 2.34. The molecule has 1 aromatic carbocycles. The molecular weight excluding hydrogens is 376 g/mol. The number of ether oxygens (including phenoxy) is 2. The number of anilines is 1. The maximum Gasteiger partial charge on any atom is 0.258 e. The number of aromatic nitrogens is 2. The van der Waals surface area contributed by atoms with Crippen LogP contribution in [0.2, 0.25) is 0 Å². The summed E-state index contributed by atoms with van der Waals surface area (Å²) >= 11 is 0. The summed E-state index contributed by atoms with van der Waals surface area (Å²) in [7, 11) is -1.34. The van der Waals surface area contributed by atoms with E-state index in [9.17, 15) is 4.21 Å². The minimum Gasteiger partial charge on any atom is -0.473 e. The predicted molar refractivity (Wildman–Crippen MR) is 112 cm³/mol. The summed E-state index contributed by atoms with van der Waals surface area (Å²) in [5, 5.41) is 0. The molecule has 0 unspecified atom stereocenters. The zero-order valence-electron chi connectivity index (χ0n) is 17.0. The second kappa shape index (κ2) is 7.08. The molecular formula is C20H26N4O3S. The SMILES string of the molecule is C/C(=N\[S@](=O)C(C)(C)C)c1cc(C)cc2nc3c(nc12)OC[C@@H]1COCCN31. The molecule has 1 saturated heterocycles. The lowest BCUT2D eigenvalue weighted by atomic mass is 10.1. The van der Waals surface area contributed by atoms with Crippen molar-refractivity contribution in [1.82, 2.24) is 9.97 Å². The summed E-state index contributed by atoms with van der Waals surface area (Å²) in [6.07, 6.45) is 0. The van der Waals surface area contributed by atoms with E-state index in [2.05, 4.69) is 9.30 Å². The van der Waals surface area contributed by atoms with Crippen molar-refractivity contribution in [3.05, 3.63) is 23.3 Å². The average molecular weight is 403 g/mol. The van der Waals surface area contributed by atoms with Crippen molar-refractivity contribution < 1.29 is 13.7 Å². The number of hydrogen-bond donors (Lipinski definition) is 0. The Kier molecular flexibility index (Phi) is 4.87. The lowest BCUT2D eigenvalue weighted by Crippen LogP contribution is -2.51. The van der Waals surface area contributed by atoms with Gasteiger partial charge in [-0.1, -0.05) is 0 Å². The predicted octanol–water partition coefficient (Wildman–Crippen LogP) is 2.81. The lowest BCUT2D eigenvalue weighted by Gasteiger charge is -2.39. The van der Waals surface area contributed by atoms with Crippen molar-refractivity contribution in [2.24, 2.45) is 4.40 Å². The third-order valence-electron chi connectivity index (χ3n) is 4.91. The van der Waals surface area contributed by atoms with E-state index in [1.54, 1.807) is 0 Å². The summed E-state index contributed by atoms with van der Waals surface area (Å²) in [5.41, 5.74) is 4.11. The Morgan fingerprint density at radius 2 is 2.07 bits per heavy atom. The fourth-order valence-electron chi connectivity index (χ4n) is 3.39. The van der Waals surface area contributed by atoms with E-state index in [1.807, 2.05) is 46.8 Å². The first-order valence-corrected chi connectivity index (χ1v) is 10.6. The molecule has 1 aromatic heterocycles. The first-order chi connectivity index (χ1) is 13.2.